The summed E-state index contributed by atoms with van der Waals surface area (Å²) < 4.78 is 0. The average molecular weight is 865 g/mol. The summed E-state index contributed by atoms with van der Waals surface area (Å²) in [6.45, 7) is 0. The maximum absolute atomic E-state index is 6.92. The molecular weight excluding hydrogens is 821 g/mol. The molecule has 2 nitrogen and oxygen atoms in total. The third-order valence-corrected chi connectivity index (χ3v) is 15.4. The molecule has 68 heavy (non-hydrogen) atoms. The third kappa shape index (κ3) is 5.10. The van der Waals surface area contributed by atoms with Crippen LogP contribution in [0.5, 0.6) is 0 Å². The molecule has 0 aromatic heterocycles. The van der Waals surface area contributed by atoms with Crippen molar-refractivity contribution in [2.75, 3.05) is 5.43 Å². The summed E-state index contributed by atoms with van der Waals surface area (Å²) >= 11 is 0. The molecule has 2 heteroatoms. The first-order valence-corrected chi connectivity index (χ1v) is 23.6. The first-order valence-electron chi connectivity index (χ1n) is 23.6. The molecule has 14 rings (SSSR count). The van der Waals surface area contributed by atoms with E-state index in [1.807, 2.05) is 0 Å². The molecule has 0 fully saturated rings. The molecule has 12 aromatic rings. The van der Waals surface area contributed by atoms with Crippen LogP contribution in [0.25, 0.3) is 76.8 Å². The Balaban J connectivity index is 1.10. The summed E-state index contributed by atoms with van der Waals surface area (Å²) in [5, 5.41) is 7.17. The molecule has 2 aliphatic rings. The number of benzene rings is 12. The summed E-state index contributed by atoms with van der Waals surface area (Å²) in [5.41, 5.74) is 22.7. The van der Waals surface area contributed by atoms with Crippen molar-refractivity contribution in [3.8, 4) is 44.5 Å². The highest BCUT2D eigenvalue weighted by Gasteiger charge is 2.47. The zero-order chi connectivity index (χ0) is 45.0. The predicted molar refractivity (Wildman–Crippen MR) is 283 cm³/mol. The first kappa shape index (κ1) is 38.7. The third-order valence-electron chi connectivity index (χ3n) is 15.4. The van der Waals surface area contributed by atoms with Crippen molar-refractivity contribution in [2.24, 2.45) is 5.84 Å². The van der Waals surface area contributed by atoms with Gasteiger partial charge in [0.05, 0.1) is 16.5 Å². The van der Waals surface area contributed by atoms with Gasteiger partial charge in [-0.25, -0.2) is 0 Å². The molecule has 12 aromatic carbocycles. The Morgan fingerprint density at radius 1 is 0.294 bits per heavy atom. The van der Waals surface area contributed by atoms with Gasteiger partial charge in [0, 0.05) is 16.3 Å². The number of anilines is 1. The first-order chi connectivity index (χ1) is 33.7. The summed E-state index contributed by atoms with van der Waals surface area (Å²) in [6.07, 6.45) is 0. The van der Waals surface area contributed by atoms with Gasteiger partial charge in [-0.05, 0) is 117 Å². The Bertz CT molecular complexity index is 3850. The van der Waals surface area contributed by atoms with Gasteiger partial charge in [0.2, 0.25) is 0 Å². The fraction of sp³-hybridized carbons (Fsp3) is 0.0303. The van der Waals surface area contributed by atoms with E-state index in [0.29, 0.717) is 0 Å². The number of hydrogen-bond donors (Lipinski definition) is 2. The minimum Gasteiger partial charge on any atom is -0.323 e. The zero-order valence-electron chi connectivity index (χ0n) is 37.2. The molecule has 3 N–H and O–H groups in total. The van der Waals surface area contributed by atoms with Crippen molar-refractivity contribution in [3.63, 3.8) is 0 Å². The standard InChI is InChI=1S/C66H44N2/c67-68-64-55-39-37-43-19-15-18-42-36-38-54(63(55)60(42)43)61(44-20-16-26-48(40-44)65(46-22-3-1-4-23-46)56-32-11-7-28-50(56)51-29-8-12-33-57(51)65)62(64)45-21-17-27-49(41-45)66(47-24-5-2-6-25-47)58-34-13-9-30-52(58)53-31-10-14-35-59(53)66/h1-41,68H,67H2. The fourth-order valence-corrected chi connectivity index (χ4v) is 12.9. The number of hydrogen-bond acceptors (Lipinski definition) is 2. The van der Waals surface area contributed by atoms with Crippen molar-refractivity contribution in [1.82, 2.24) is 0 Å². The van der Waals surface area contributed by atoms with E-state index in [1.54, 1.807) is 0 Å². The molecule has 0 radical (unpaired) electrons. The molecule has 0 spiro atoms. The Labute approximate surface area is 395 Å². The van der Waals surface area contributed by atoms with E-state index >= 15 is 0 Å². The molecule has 0 amide bonds. The summed E-state index contributed by atoms with van der Waals surface area (Å²) in [7, 11) is 0. The van der Waals surface area contributed by atoms with Gasteiger partial charge in [-0.15, -0.1) is 0 Å². The average Bonchev–Trinajstić information content (AvgIpc) is 3.89. The van der Waals surface area contributed by atoms with Gasteiger partial charge in [-0.1, -0.05) is 237 Å². The van der Waals surface area contributed by atoms with Gasteiger partial charge in [0.15, 0.2) is 0 Å². The van der Waals surface area contributed by atoms with Crippen LogP contribution >= 0.6 is 0 Å². The molecule has 0 aliphatic heterocycles. The lowest BCUT2D eigenvalue weighted by Gasteiger charge is -2.35. The van der Waals surface area contributed by atoms with Crippen LogP contribution < -0.4 is 11.3 Å². The lowest BCUT2D eigenvalue weighted by Crippen LogP contribution is -2.28. The topological polar surface area (TPSA) is 38.0 Å². The Morgan fingerprint density at radius 2 is 0.676 bits per heavy atom. The van der Waals surface area contributed by atoms with E-state index in [4.69, 9.17) is 5.84 Å². The van der Waals surface area contributed by atoms with Crippen LogP contribution in [0.15, 0.2) is 249 Å². The van der Waals surface area contributed by atoms with E-state index in [2.05, 4.69) is 254 Å². The number of hydrazine groups is 1. The largest absolute Gasteiger partial charge is 0.323 e. The number of nitrogens with two attached hydrogens (primary N) is 1. The molecule has 0 bridgehead atoms. The maximum atomic E-state index is 6.92. The van der Waals surface area contributed by atoms with Crippen molar-refractivity contribution < 1.29 is 0 Å². The molecule has 0 heterocycles. The van der Waals surface area contributed by atoms with Crippen LogP contribution in [0.1, 0.15) is 44.5 Å². The van der Waals surface area contributed by atoms with Crippen LogP contribution in [0.2, 0.25) is 0 Å². The van der Waals surface area contributed by atoms with Crippen LogP contribution in [0.3, 0.4) is 0 Å². The maximum Gasteiger partial charge on any atom is 0.0713 e. The quantitative estimate of drug-likeness (QED) is 0.0952. The highest BCUT2D eigenvalue weighted by atomic mass is 15.2. The zero-order valence-corrected chi connectivity index (χ0v) is 37.2. The van der Waals surface area contributed by atoms with Crippen molar-refractivity contribution in [1.29, 1.82) is 0 Å². The highest BCUT2D eigenvalue weighted by Crippen LogP contribution is 2.59. The molecule has 318 valence electrons. The molecule has 2 aliphatic carbocycles. The number of nitrogens with one attached hydrogen (secondary N) is 1. The molecule has 0 saturated carbocycles. The normalized spacial score (nSPS) is 13.9. The van der Waals surface area contributed by atoms with E-state index in [9.17, 15) is 0 Å². The number of fused-ring (bicyclic) bond motifs is 6. The molecule has 0 saturated heterocycles. The van der Waals surface area contributed by atoms with E-state index in [-0.39, 0.29) is 0 Å². The van der Waals surface area contributed by atoms with E-state index in [0.717, 1.165) is 33.3 Å². The SMILES string of the molecule is NNc1c(-c2cccc(C3(c4ccccc4)c4ccccc4-c4ccccc43)c2)c(-c2cccc(C3(c4ccccc4)c4ccccc4-c4ccccc43)c2)c2ccc3cccc4ccc1c2c43. The van der Waals surface area contributed by atoms with Gasteiger partial charge < -0.3 is 5.43 Å². The second-order valence-electron chi connectivity index (χ2n) is 18.5. The van der Waals surface area contributed by atoms with Gasteiger partial charge in [-0.2, -0.15) is 0 Å². The fourth-order valence-electron chi connectivity index (χ4n) is 12.9. The van der Waals surface area contributed by atoms with Crippen molar-refractivity contribution in [2.45, 2.75) is 10.8 Å². The Kier molecular flexibility index (Phi) is 8.38. The summed E-state index contributed by atoms with van der Waals surface area (Å²) in [5.74, 6) is 6.92. The molecule has 0 atom stereocenters. The Hall–Kier alpha value is -8.56. The lowest BCUT2D eigenvalue weighted by atomic mass is 9.67. The number of rotatable bonds is 7. The summed E-state index contributed by atoms with van der Waals surface area (Å²) in [6, 6.07) is 92.5. The lowest BCUT2D eigenvalue weighted by molar-refractivity contribution is 0.768. The molecule has 0 unspecified atom stereocenters. The van der Waals surface area contributed by atoms with Gasteiger partial charge in [-0.3, -0.25) is 5.84 Å². The van der Waals surface area contributed by atoms with Crippen LogP contribution in [0.4, 0.5) is 5.69 Å². The van der Waals surface area contributed by atoms with Crippen molar-refractivity contribution in [3.05, 3.63) is 293 Å². The summed E-state index contributed by atoms with van der Waals surface area (Å²) in [4.78, 5) is 0. The van der Waals surface area contributed by atoms with Gasteiger partial charge in [0.25, 0.3) is 0 Å². The smallest absolute Gasteiger partial charge is 0.0713 e. The minimum atomic E-state index is -0.567. The van der Waals surface area contributed by atoms with Crippen molar-refractivity contribution >= 4 is 38.0 Å². The van der Waals surface area contributed by atoms with Crippen LogP contribution in [0, 0.1) is 0 Å². The highest BCUT2D eigenvalue weighted by molar-refractivity contribution is 6.31. The van der Waals surface area contributed by atoms with E-state index in [1.165, 1.54) is 93.7 Å². The van der Waals surface area contributed by atoms with Gasteiger partial charge >= 0.3 is 0 Å². The van der Waals surface area contributed by atoms with Crippen LogP contribution in [-0.4, -0.2) is 0 Å². The Morgan fingerprint density at radius 3 is 1.13 bits per heavy atom. The van der Waals surface area contributed by atoms with Crippen LogP contribution in [-0.2, 0) is 10.8 Å². The number of nitrogen functional groups attached to an aromatic ring is 1. The minimum absolute atomic E-state index is 0.561. The monoisotopic (exact) mass is 864 g/mol. The second-order valence-corrected chi connectivity index (χ2v) is 18.5. The second kappa shape index (κ2) is 14.7. The van der Waals surface area contributed by atoms with E-state index < -0.39 is 10.8 Å². The molecular formula is C66H44N2. The van der Waals surface area contributed by atoms with Gasteiger partial charge in [0.1, 0.15) is 0 Å². The predicted octanol–water partition coefficient (Wildman–Crippen LogP) is 15.9.